The number of carbonyl (C=O) groups is 2. The molecule has 0 saturated heterocycles. The molecule has 2 N–H and O–H groups in total. The quantitative estimate of drug-likeness (QED) is 0.458. The summed E-state index contributed by atoms with van der Waals surface area (Å²) in [7, 11) is 0. The maximum Gasteiger partial charge on any atom is 0.303 e. The van der Waals surface area contributed by atoms with Gasteiger partial charge in [-0.25, -0.2) is 0 Å². The van der Waals surface area contributed by atoms with E-state index < -0.39 is 5.97 Å². The van der Waals surface area contributed by atoms with Gasteiger partial charge in [-0.15, -0.1) is 0 Å². The van der Waals surface area contributed by atoms with E-state index in [1.165, 1.54) is 0 Å². The Balaban J connectivity index is 3.84. The number of hydrogen-bond acceptors (Lipinski definition) is 3. The first-order valence-corrected chi connectivity index (χ1v) is 8.91. The van der Waals surface area contributed by atoms with E-state index in [9.17, 15) is 14.7 Å². The minimum Gasteiger partial charge on any atom is -0.481 e. The van der Waals surface area contributed by atoms with E-state index in [1.54, 1.807) is 0 Å². The minimum absolute atomic E-state index is 0.0227. The van der Waals surface area contributed by atoms with Crippen LogP contribution < -0.4 is 0 Å². The maximum absolute atomic E-state index is 10.6. The van der Waals surface area contributed by atoms with Crippen molar-refractivity contribution < 1.29 is 19.8 Å². The lowest BCUT2D eigenvalue weighted by Gasteiger charge is -2.25. The summed E-state index contributed by atoms with van der Waals surface area (Å²) in [5.74, 6) is -0.740. The fraction of sp³-hybridized carbons (Fsp3) is 0.895. The van der Waals surface area contributed by atoms with E-state index in [0.717, 1.165) is 51.2 Å². The molecule has 0 aromatic rings. The standard InChI is InChI=1S/C19H36O4/c1-18(2,13-7-15-20)11-5-8-16(21)9-6-12-19(3,4)14-10-17(22)23/h15-16,21H,5-14H2,1-4H3,(H,22,23). The van der Waals surface area contributed by atoms with Crippen LogP contribution in [0.4, 0.5) is 0 Å². The molecule has 0 aromatic heterocycles. The molecule has 136 valence electrons. The molecule has 0 fully saturated rings. The molecule has 1 atom stereocenters. The van der Waals surface area contributed by atoms with Gasteiger partial charge >= 0.3 is 5.97 Å². The zero-order chi connectivity index (χ0) is 17.9. The molecule has 0 heterocycles. The second-order valence-corrected chi connectivity index (χ2v) is 8.37. The van der Waals surface area contributed by atoms with Crippen LogP contribution in [0.3, 0.4) is 0 Å². The van der Waals surface area contributed by atoms with Crippen LogP contribution >= 0.6 is 0 Å². The largest absolute Gasteiger partial charge is 0.481 e. The molecule has 0 aromatic carbocycles. The first-order chi connectivity index (χ1) is 10.6. The highest BCUT2D eigenvalue weighted by Crippen LogP contribution is 2.31. The summed E-state index contributed by atoms with van der Waals surface area (Å²) in [6.45, 7) is 8.54. The third-order valence-corrected chi connectivity index (χ3v) is 4.74. The highest BCUT2D eigenvalue weighted by molar-refractivity contribution is 5.66. The summed E-state index contributed by atoms with van der Waals surface area (Å²) in [5, 5.41) is 18.8. The molecule has 0 aliphatic carbocycles. The number of aliphatic carboxylic acids is 1. The van der Waals surface area contributed by atoms with E-state index in [2.05, 4.69) is 27.7 Å². The molecule has 0 rings (SSSR count). The van der Waals surface area contributed by atoms with E-state index in [4.69, 9.17) is 5.11 Å². The number of carboxylic acids is 1. The van der Waals surface area contributed by atoms with E-state index in [1.807, 2.05) is 0 Å². The molecule has 0 aliphatic rings. The van der Waals surface area contributed by atoms with Crippen LogP contribution in [0.5, 0.6) is 0 Å². The van der Waals surface area contributed by atoms with Crippen molar-refractivity contribution >= 4 is 12.3 Å². The topological polar surface area (TPSA) is 74.6 Å². The van der Waals surface area contributed by atoms with Gasteiger partial charge in [0.25, 0.3) is 0 Å². The molecule has 0 amide bonds. The van der Waals surface area contributed by atoms with E-state index in [0.29, 0.717) is 12.8 Å². The number of aldehydes is 1. The molecule has 0 bridgehead atoms. The predicted molar refractivity (Wildman–Crippen MR) is 93.4 cm³/mol. The molecule has 0 saturated carbocycles. The van der Waals surface area contributed by atoms with Crippen molar-refractivity contribution in [2.45, 2.75) is 98.0 Å². The molecule has 4 heteroatoms. The highest BCUT2D eigenvalue weighted by Gasteiger charge is 2.20. The van der Waals surface area contributed by atoms with Crippen LogP contribution in [0.1, 0.15) is 91.9 Å². The Kier molecular flexibility index (Phi) is 10.4. The number of aliphatic hydroxyl groups excluding tert-OH is 1. The average molecular weight is 328 g/mol. The van der Waals surface area contributed by atoms with Gasteiger partial charge in [-0.05, 0) is 49.4 Å². The molecule has 1 unspecified atom stereocenters. The summed E-state index contributed by atoms with van der Waals surface area (Å²) in [4.78, 5) is 21.1. The molecule has 0 radical (unpaired) electrons. The molecule has 0 aliphatic heterocycles. The molecular formula is C19H36O4. The normalized spacial score (nSPS) is 13.8. The Bertz CT molecular complexity index is 347. The van der Waals surface area contributed by atoms with Crippen LogP contribution in [-0.4, -0.2) is 28.6 Å². The van der Waals surface area contributed by atoms with Crippen molar-refractivity contribution in [1.29, 1.82) is 0 Å². The van der Waals surface area contributed by atoms with Crippen molar-refractivity contribution in [1.82, 2.24) is 0 Å². The molecule has 23 heavy (non-hydrogen) atoms. The second-order valence-electron chi connectivity index (χ2n) is 8.37. The number of aliphatic hydroxyl groups is 1. The lowest BCUT2D eigenvalue weighted by molar-refractivity contribution is -0.137. The lowest BCUT2D eigenvalue weighted by atomic mass is 9.81. The summed E-state index contributed by atoms with van der Waals surface area (Å²) in [6, 6.07) is 0. The first kappa shape index (κ1) is 22.1. The van der Waals surface area contributed by atoms with Gasteiger partial charge in [0.15, 0.2) is 0 Å². The Hall–Kier alpha value is -0.900. The first-order valence-electron chi connectivity index (χ1n) is 8.91. The van der Waals surface area contributed by atoms with Crippen molar-refractivity contribution in [3.05, 3.63) is 0 Å². The third kappa shape index (κ3) is 13.3. The lowest BCUT2D eigenvalue weighted by Crippen LogP contribution is -2.16. The van der Waals surface area contributed by atoms with Crippen molar-refractivity contribution in [2.24, 2.45) is 10.8 Å². The summed E-state index contributed by atoms with van der Waals surface area (Å²) in [6.07, 6.45) is 8.60. The Labute approximate surface area is 141 Å². The average Bonchev–Trinajstić information content (AvgIpc) is 2.43. The zero-order valence-corrected chi connectivity index (χ0v) is 15.4. The number of rotatable bonds is 14. The Morgan fingerprint density at radius 3 is 1.87 bits per heavy atom. The zero-order valence-electron chi connectivity index (χ0n) is 15.4. The summed E-state index contributed by atoms with van der Waals surface area (Å²) in [5.41, 5.74) is 0.189. The van der Waals surface area contributed by atoms with Gasteiger partial charge in [0, 0.05) is 12.8 Å². The van der Waals surface area contributed by atoms with E-state index >= 15 is 0 Å². The smallest absolute Gasteiger partial charge is 0.303 e. The van der Waals surface area contributed by atoms with Gasteiger partial charge in [-0.1, -0.05) is 40.5 Å². The highest BCUT2D eigenvalue weighted by atomic mass is 16.4. The maximum atomic E-state index is 10.6. The van der Waals surface area contributed by atoms with Crippen LogP contribution in [0.15, 0.2) is 0 Å². The minimum atomic E-state index is -0.740. The van der Waals surface area contributed by atoms with Gasteiger partial charge in [0.05, 0.1) is 6.10 Å². The number of carbonyl (C=O) groups excluding carboxylic acids is 1. The molecule has 0 spiro atoms. The van der Waals surface area contributed by atoms with Crippen LogP contribution in [0.25, 0.3) is 0 Å². The number of carboxylic acid groups (broad SMARTS) is 1. The third-order valence-electron chi connectivity index (χ3n) is 4.74. The van der Waals surface area contributed by atoms with Crippen molar-refractivity contribution in [2.75, 3.05) is 0 Å². The van der Waals surface area contributed by atoms with Gasteiger partial charge in [0.2, 0.25) is 0 Å². The Morgan fingerprint density at radius 1 is 0.957 bits per heavy atom. The SMILES string of the molecule is CC(C)(CCC=O)CCCC(O)CCCC(C)(C)CCC(=O)O. The Morgan fingerprint density at radius 2 is 1.43 bits per heavy atom. The fourth-order valence-electron chi connectivity index (χ4n) is 2.92. The van der Waals surface area contributed by atoms with Crippen molar-refractivity contribution in [3.8, 4) is 0 Å². The van der Waals surface area contributed by atoms with Crippen molar-refractivity contribution in [3.63, 3.8) is 0 Å². The van der Waals surface area contributed by atoms with Gasteiger partial charge in [-0.3, -0.25) is 4.79 Å². The van der Waals surface area contributed by atoms with Crippen LogP contribution in [-0.2, 0) is 9.59 Å². The monoisotopic (exact) mass is 328 g/mol. The second kappa shape index (κ2) is 10.8. The predicted octanol–water partition coefficient (Wildman–Crippen LogP) is 4.58. The molecular weight excluding hydrogens is 292 g/mol. The van der Waals surface area contributed by atoms with Gasteiger partial charge < -0.3 is 15.0 Å². The fourth-order valence-corrected chi connectivity index (χ4v) is 2.92. The number of hydrogen-bond donors (Lipinski definition) is 2. The molecule has 4 nitrogen and oxygen atoms in total. The van der Waals surface area contributed by atoms with Gasteiger partial charge in [0.1, 0.15) is 6.29 Å². The summed E-state index contributed by atoms with van der Waals surface area (Å²) >= 11 is 0. The van der Waals surface area contributed by atoms with Crippen LogP contribution in [0.2, 0.25) is 0 Å². The van der Waals surface area contributed by atoms with E-state index in [-0.39, 0.29) is 23.4 Å². The van der Waals surface area contributed by atoms with Crippen LogP contribution in [0, 0.1) is 10.8 Å². The van der Waals surface area contributed by atoms with Gasteiger partial charge in [-0.2, -0.15) is 0 Å². The summed E-state index contributed by atoms with van der Waals surface area (Å²) < 4.78 is 0.